The number of hydrogen-bond acceptors (Lipinski definition) is 7. The smallest absolute Gasteiger partial charge is 0.307 e. The summed E-state index contributed by atoms with van der Waals surface area (Å²) in [5.41, 5.74) is 9.08. The zero-order valence-corrected chi connectivity index (χ0v) is 23.8. The minimum Gasteiger partial charge on any atom is -0.466 e. The number of nitrogens with two attached hydrogens (primary N) is 1. The van der Waals surface area contributed by atoms with Crippen LogP contribution in [0.4, 0.5) is 5.69 Å². The van der Waals surface area contributed by atoms with Crippen molar-refractivity contribution in [3.8, 4) is 0 Å². The minimum absolute atomic E-state index is 0.0507. The summed E-state index contributed by atoms with van der Waals surface area (Å²) in [6.07, 6.45) is 3.03. The average molecular weight is 548 g/mol. The number of amides is 1. The van der Waals surface area contributed by atoms with Gasteiger partial charge in [0.05, 0.1) is 29.5 Å². The molecule has 2 aromatic carbocycles. The van der Waals surface area contributed by atoms with E-state index >= 15 is 0 Å². The number of imidazole rings is 1. The molecule has 1 fully saturated rings. The number of ether oxygens (including phenoxy) is 1. The molecule has 40 heavy (non-hydrogen) atoms. The van der Waals surface area contributed by atoms with Crippen LogP contribution in [0, 0.1) is 5.41 Å². The van der Waals surface area contributed by atoms with Crippen LogP contribution in [0.25, 0.3) is 11.0 Å². The number of aromatic amines is 1. The predicted octanol–water partition coefficient (Wildman–Crippen LogP) is 3.27. The van der Waals surface area contributed by atoms with Crippen LogP contribution in [0.3, 0.4) is 0 Å². The molecule has 2 heterocycles. The second-order valence-electron chi connectivity index (χ2n) is 10.7. The van der Waals surface area contributed by atoms with Gasteiger partial charge in [0, 0.05) is 50.4 Å². The van der Waals surface area contributed by atoms with Crippen LogP contribution in [-0.2, 0) is 26.2 Å². The zero-order chi connectivity index (χ0) is 28.7. The molecule has 214 valence electrons. The van der Waals surface area contributed by atoms with E-state index in [-0.39, 0.29) is 24.1 Å². The van der Waals surface area contributed by atoms with Gasteiger partial charge in [-0.05, 0) is 75.7 Å². The number of nitrogen functional groups attached to an aromatic ring is 1. The number of carbonyl (C=O) groups is 2. The number of nitrogens with one attached hydrogen (secondary N) is 3. The molecule has 4 rings (SSSR count). The summed E-state index contributed by atoms with van der Waals surface area (Å²) in [6, 6.07) is 13.5. The van der Waals surface area contributed by atoms with Gasteiger partial charge in [-0.2, -0.15) is 0 Å². The predicted molar refractivity (Wildman–Crippen MR) is 158 cm³/mol. The number of esters is 1. The van der Waals surface area contributed by atoms with Gasteiger partial charge in [0.15, 0.2) is 0 Å². The van der Waals surface area contributed by atoms with Gasteiger partial charge in [-0.15, -0.1) is 0 Å². The summed E-state index contributed by atoms with van der Waals surface area (Å²) in [5, 5.41) is 10.9. The molecule has 1 aliphatic rings. The number of benzene rings is 2. The van der Waals surface area contributed by atoms with E-state index in [1.54, 1.807) is 6.92 Å². The average Bonchev–Trinajstić information content (AvgIpc) is 3.61. The third-order valence-corrected chi connectivity index (χ3v) is 7.51. The number of anilines is 1. The summed E-state index contributed by atoms with van der Waals surface area (Å²) in [4.78, 5) is 38.0. The van der Waals surface area contributed by atoms with Crippen LogP contribution in [0.5, 0.6) is 0 Å². The van der Waals surface area contributed by atoms with Crippen LogP contribution in [0.15, 0.2) is 42.5 Å². The highest BCUT2D eigenvalue weighted by molar-refractivity contribution is 5.95. The van der Waals surface area contributed by atoms with Crippen molar-refractivity contribution in [1.82, 2.24) is 19.8 Å². The zero-order valence-electron chi connectivity index (χ0n) is 23.8. The molecule has 1 amide bonds. The first-order chi connectivity index (χ1) is 19.2. The van der Waals surface area contributed by atoms with Crippen LogP contribution >= 0.6 is 0 Å². The first kappa shape index (κ1) is 29.1. The summed E-state index contributed by atoms with van der Waals surface area (Å²) in [6.45, 7) is 7.42. The molecule has 0 bridgehead atoms. The number of nitrogens with zero attached hydrogens (tertiary/aromatic N) is 3. The number of hydrogen-bond donors (Lipinski definition) is 4. The van der Waals surface area contributed by atoms with Crippen molar-refractivity contribution in [2.24, 2.45) is 5.73 Å². The Kier molecular flexibility index (Phi) is 9.42. The SMILES string of the molecule is CCOC(=O)CCN(C)CC(C)(C(=O)N1CCCC1)c1ccc2nc(CCNc3ccc(C(=N)N)cc3)[nH]c2c1. The van der Waals surface area contributed by atoms with Crippen molar-refractivity contribution < 1.29 is 14.3 Å². The van der Waals surface area contributed by atoms with Gasteiger partial charge < -0.3 is 30.6 Å². The van der Waals surface area contributed by atoms with E-state index in [9.17, 15) is 9.59 Å². The molecular formula is C30H41N7O3. The van der Waals surface area contributed by atoms with Crippen LogP contribution < -0.4 is 11.1 Å². The lowest BCUT2D eigenvalue weighted by atomic mass is 9.80. The number of carbonyl (C=O) groups excluding carboxylic acids is 2. The number of H-pyrrole nitrogens is 1. The van der Waals surface area contributed by atoms with Crippen LogP contribution in [-0.4, -0.2) is 83.9 Å². The molecule has 0 radical (unpaired) electrons. The molecule has 1 aromatic heterocycles. The molecule has 5 N–H and O–H groups in total. The lowest BCUT2D eigenvalue weighted by molar-refractivity contribution is -0.143. The van der Waals surface area contributed by atoms with Gasteiger partial charge in [-0.3, -0.25) is 15.0 Å². The molecule has 3 aromatic rings. The van der Waals surface area contributed by atoms with E-state index < -0.39 is 5.41 Å². The van der Waals surface area contributed by atoms with Crippen molar-refractivity contribution in [2.45, 2.75) is 44.9 Å². The highest BCUT2D eigenvalue weighted by atomic mass is 16.5. The lowest BCUT2D eigenvalue weighted by Crippen LogP contribution is -2.50. The minimum atomic E-state index is -0.777. The molecule has 1 unspecified atom stereocenters. The Morgan fingerprint density at radius 1 is 1.20 bits per heavy atom. The largest absolute Gasteiger partial charge is 0.466 e. The number of fused-ring (bicyclic) bond motifs is 1. The Morgan fingerprint density at radius 2 is 1.93 bits per heavy atom. The van der Waals surface area contributed by atoms with Crippen molar-refractivity contribution in [1.29, 1.82) is 5.41 Å². The van der Waals surface area contributed by atoms with E-state index in [0.29, 0.717) is 38.2 Å². The molecular weight excluding hydrogens is 506 g/mol. The van der Waals surface area contributed by atoms with Crippen LogP contribution in [0.2, 0.25) is 0 Å². The quantitative estimate of drug-likeness (QED) is 0.146. The lowest BCUT2D eigenvalue weighted by Gasteiger charge is -2.36. The van der Waals surface area contributed by atoms with Gasteiger partial charge in [-0.1, -0.05) is 6.07 Å². The summed E-state index contributed by atoms with van der Waals surface area (Å²) in [7, 11) is 1.95. The maximum Gasteiger partial charge on any atom is 0.307 e. The first-order valence-corrected chi connectivity index (χ1v) is 14.0. The van der Waals surface area contributed by atoms with E-state index in [1.165, 1.54) is 0 Å². The van der Waals surface area contributed by atoms with E-state index in [4.69, 9.17) is 20.9 Å². The molecule has 10 heteroatoms. The molecule has 0 saturated carbocycles. The molecule has 1 saturated heterocycles. The van der Waals surface area contributed by atoms with Gasteiger partial charge in [0.1, 0.15) is 11.7 Å². The highest BCUT2D eigenvalue weighted by Gasteiger charge is 2.40. The molecule has 10 nitrogen and oxygen atoms in total. The number of rotatable bonds is 13. The third-order valence-electron chi connectivity index (χ3n) is 7.51. The molecule has 0 spiro atoms. The van der Waals surface area contributed by atoms with E-state index in [2.05, 4.69) is 10.3 Å². The summed E-state index contributed by atoms with van der Waals surface area (Å²) >= 11 is 0. The monoisotopic (exact) mass is 547 g/mol. The molecule has 0 aliphatic carbocycles. The number of amidine groups is 1. The highest BCUT2D eigenvalue weighted by Crippen LogP contribution is 2.31. The molecule has 1 aliphatic heterocycles. The van der Waals surface area contributed by atoms with Crippen molar-refractivity contribution in [3.63, 3.8) is 0 Å². The second kappa shape index (κ2) is 13.0. The fourth-order valence-corrected chi connectivity index (χ4v) is 5.30. The molecule has 1 atom stereocenters. The fraction of sp³-hybridized carbons (Fsp3) is 0.467. The fourth-order valence-electron chi connectivity index (χ4n) is 5.30. The number of likely N-dealkylation sites (tertiary alicyclic amines) is 1. The Bertz CT molecular complexity index is 1330. The van der Waals surface area contributed by atoms with Gasteiger partial charge in [0.25, 0.3) is 0 Å². The van der Waals surface area contributed by atoms with Crippen molar-refractivity contribution in [3.05, 3.63) is 59.4 Å². The maximum atomic E-state index is 13.9. The van der Waals surface area contributed by atoms with Gasteiger partial charge >= 0.3 is 5.97 Å². The topological polar surface area (TPSA) is 140 Å². The second-order valence-corrected chi connectivity index (χ2v) is 10.7. The standard InChI is InChI=1S/C30H41N7O3/c1-4-40-27(38)14-18-36(3)20-30(2,29(39)37-16-5-6-17-37)22-9-12-24-25(19-22)35-26(34-24)13-15-33-23-10-7-21(8-11-23)28(31)32/h7-12,19,33H,4-6,13-18,20H2,1-3H3,(H3,31,32)(H,34,35). The summed E-state index contributed by atoms with van der Waals surface area (Å²) < 4.78 is 5.08. The summed E-state index contributed by atoms with van der Waals surface area (Å²) in [5.74, 6) is 0.803. The Hall–Kier alpha value is -3.92. The number of likely N-dealkylation sites (N-methyl/N-ethyl adjacent to an activating group) is 1. The normalized spacial score (nSPS) is 14.8. The van der Waals surface area contributed by atoms with E-state index in [0.717, 1.165) is 54.0 Å². The first-order valence-electron chi connectivity index (χ1n) is 14.0. The van der Waals surface area contributed by atoms with Crippen molar-refractivity contribution >= 4 is 34.4 Å². The van der Waals surface area contributed by atoms with Crippen LogP contribution in [0.1, 0.15) is 50.1 Å². The third kappa shape index (κ3) is 6.98. The van der Waals surface area contributed by atoms with Gasteiger partial charge in [0.2, 0.25) is 5.91 Å². The Labute approximate surface area is 235 Å². The Morgan fingerprint density at radius 3 is 2.60 bits per heavy atom. The maximum absolute atomic E-state index is 13.9. The van der Waals surface area contributed by atoms with E-state index in [1.807, 2.05) is 66.2 Å². The Balaban J connectivity index is 1.48. The van der Waals surface area contributed by atoms with Gasteiger partial charge in [-0.25, -0.2) is 4.98 Å². The van der Waals surface area contributed by atoms with Crippen molar-refractivity contribution in [2.75, 3.05) is 51.7 Å². The number of aromatic nitrogens is 2.